The highest BCUT2D eigenvalue weighted by Crippen LogP contribution is 2.43. The molecular weight excluding hydrogens is 524 g/mol. The summed E-state index contributed by atoms with van der Waals surface area (Å²) in [7, 11) is 3.04. The first-order chi connectivity index (χ1) is 18.7. The molecule has 39 heavy (non-hydrogen) atoms. The number of esters is 2. The number of hydrogen-bond acceptors (Lipinski definition) is 8. The fourth-order valence-corrected chi connectivity index (χ4v) is 4.02. The first kappa shape index (κ1) is 30.0. The maximum atomic E-state index is 12.1. The Morgan fingerprint density at radius 3 is 1.59 bits per heavy atom. The van der Waals surface area contributed by atoms with Gasteiger partial charge in [0.05, 0.1) is 13.2 Å². The Bertz CT molecular complexity index is 1370. The molecule has 0 N–H and O–H groups in total. The van der Waals surface area contributed by atoms with Crippen LogP contribution >= 0.6 is 11.6 Å². The molecule has 2 atom stereocenters. The number of carbonyl (C=O) groups is 2. The molecule has 3 aromatic rings. The first-order valence-electron chi connectivity index (χ1n) is 12.3. The van der Waals surface area contributed by atoms with Gasteiger partial charge in [-0.15, -0.1) is 0 Å². The van der Waals surface area contributed by atoms with Crippen molar-refractivity contribution in [1.29, 1.82) is 0 Å². The molecule has 0 bridgehead atoms. The Hall–Kier alpha value is -3.59. The lowest BCUT2D eigenvalue weighted by molar-refractivity contribution is -0.149. The van der Waals surface area contributed by atoms with Crippen molar-refractivity contribution in [2.45, 2.75) is 26.1 Å². The lowest BCUT2D eigenvalue weighted by Gasteiger charge is -2.22. The van der Waals surface area contributed by atoms with Gasteiger partial charge in [0.1, 0.15) is 24.7 Å². The summed E-state index contributed by atoms with van der Waals surface area (Å²) in [5, 5.41) is 3.46. The first-order valence-corrected chi connectivity index (χ1v) is 12.6. The number of benzene rings is 3. The Morgan fingerprint density at radius 1 is 0.718 bits per heavy atom. The molecule has 0 amide bonds. The van der Waals surface area contributed by atoms with Crippen molar-refractivity contribution in [1.82, 2.24) is 0 Å². The zero-order chi connectivity index (χ0) is 28.5. The molecule has 0 aliphatic heterocycles. The summed E-state index contributed by atoms with van der Waals surface area (Å²) < 4.78 is 34.0. The zero-order valence-electron chi connectivity index (χ0n) is 22.6. The van der Waals surface area contributed by atoms with E-state index in [0.29, 0.717) is 21.9 Å². The molecule has 0 radical (unpaired) electrons. The number of hydrogen-bond donors (Lipinski definition) is 0. The summed E-state index contributed by atoms with van der Waals surface area (Å²) in [5.74, 6) is 0.0632. The molecule has 8 nitrogen and oxygen atoms in total. The van der Waals surface area contributed by atoms with Crippen molar-refractivity contribution >= 4 is 45.1 Å². The van der Waals surface area contributed by atoms with Crippen molar-refractivity contribution in [3.05, 3.63) is 71.8 Å². The van der Waals surface area contributed by atoms with Crippen molar-refractivity contribution in [2.24, 2.45) is 0 Å². The minimum Gasteiger partial charge on any atom is -0.488 e. The van der Waals surface area contributed by atoms with E-state index in [-0.39, 0.29) is 37.6 Å². The molecule has 0 fully saturated rings. The molecule has 208 valence electrons. The van der Waals surface area contributed by atoms with Gasteiger partial charge in [0.15, 0.2) is 12.2 Å². The number of rotatable bonds is 14. The van der Waals surface area contributed by atoms with Crippen LogP contribution in [0, 0.1) is 0 Å². The highest BCUT2D eigenvalue weighted by atomic mass is 35.5. The largest absolute Gasteiger partial charge is 0.488 e. The van der Waals surface area contributed by atoms with Crippen LogP contribution in [0.1, 0.15) is 13.8 Å². The molecule has 0 heterocycles. The summed E-state index contributed by atoms with van der Waals surface area (Å²) in [4.78, 5) is 24.2. The molecule has 2 unspecified atom stereocenters. The van der Waals surface area contributed by atoms with Gasteiger partial charge in [-0.25, -0.2) is 9.59 Å². The monoisotopic (exact) mass is 556 g/mol. The molecule has 0 saturated heterocycles. The van der Waals surface area contributed by atoms with E-state index in [9.17, 15) is 9.59 Å². The van der Waals surface area contributed by atoms with Crippen LogP contribution in [0.4, 0.5) is 0 Å². The van der Waals surface area contributed by atoms with Crippen molar-refractivity contribution in [2.75, 3.05) is 40.6 Å². The van der Waals surface area contributed by atoms with Crippen LogP contribution < -0.4 is 9.47 Å². The third-order valence-electron chi connectivity index (χ3n) is 5.66. The quantitative estimate of drug-likeness (QED) is 0.142. The van der Waals surface area contributed by atoms with Crippen LogP contribution in [0.5, 0.6) is 11.5 Å². The molecule has 9 heteroatoms. The minimum atomic E-state index is -0.666. The van der Waals surface area contributed by atoms with Crippen molar-refractivity contribution < 1.29 is 38.0 Å². The van der Waals surface area contributed by atoms with Gasteiger partial charge in [-0.3, -0.25) is 0 Å². The summed E-state index contributed by atoms with van der Waals surface area (Å²) in [5.41, 5.74) is 0.560. The van der Waals surface area contributed by atoms with E-state index in [4.69, 9.17) is 40.0 Å². The van der Waals surface area contributed by atoms with Crippen LogP contribution in [0.3, 0.4) is 0 Å². The van der Waals surface area contributed by atoms with Crippen LogP contribution in [-0.4, -0.2) is 64.8 Å². The maximum absolute atomic E-state index is 12.1. The highest BCUT2D eigenvalue weighted by Gasteiger charge is 2.22. The average molecular weight is 557 g/mol. The number of ether oxygens (including phenoxy) is 6. The summed E-state index contributed by atoms with van der Waals surface area (Å²) in [6.45, 7) is 10.8. The standard InChI is InChI=1S/C30H33ClO8/c1-18(2)29(32)38-21(14-34-5)16-36-27-23-9-7-8-10-24(23)28(26-13-20(31)11-12-25(26)27)37-17-22(15-35-6)39-30(33)19(3)4/h7-13,21-22H,1,3,14-17H2,2,4-6H3. The van der Waals surface area contributed by atoms with E-state index in [1.165, 1.54) is 14.2 Å². The SMILES string of the molecule is C=C(C)C(=O)OC(COC)COc1c2ccccc2c(OCC(COC)OC(=O)C(=C)C)c2cc(Cl)ccc12. The maximum Gasteiger partial charge on any atom is 0.333 e. The van der Waals surface area contributed by atoms with E-state index in [1.54, 1.807) is 26.0 Å². The van der Waals surface area contributed by atoms with Gasteiger partial charge in [-0.1, -0.05) is 49.0 Å². The van der Waals surface area contributed by atoms with Crippen LogP contribution in [0.25, 0.3) is 21.5 Å². The second-order valence-electron chi connectivity index (χ2n) is 9.04. The van der Waals surface area contributed by atoms with Crippen molar-refractivity contribution in [3.63, 3.8) is 0 Å². The van der Waals surface area contributed by atoms with Gasteiger partial charge in [-0.05, 0) is 32.0 Å². The van der Waals surface area contributed by atoms with Crippen LogP contribution in [-0.2, 0) is 28.5 Å². The number of fused-ring (bicyclic) bond motifs is 2. The van der Waals surface area contributed by atoms with Gasteiger partial charge in [0.2, 0.25) is 0 Å². The lowest BCUT2D eigenvalue weighted by atomic mass is 10.0. The third-order valence-corrected chi connectivity index (χ3v) is 5.90. The van der Waals surface area contributed by atoms with E-state index in [0.717, 1.165) is 16.2 Å². The van der Waals surface area contributed by atoms with Crippen LogP contribution in [0.15, 0.2) is 66.8 Å². The number of methoxy groups -OCH3 is 2. The average Bonchev–Trinajstić information content (AvgIpc) is 2.90. The van der Waals surface area contributed by atoms with Gasteiger partial charge in [-0.2, -0.15) is 0 Å². The van der Waals surface area contributed by atoms with Gasteiger partial charge in [0.25, 0.3) is 0 Å². The zero-order valence-corrected chi connectivity index (χ0v) is 23.3. The molecule has 0 aliphatic rings. The smallest absolute Gasteiger partial charge is 0.333 e. The molecule has 0 aliphatic carbocycles. The number of halogens is 1. The van der Waals surface area contributed by atoms with Crippen LogP contribution in [0.2, 0.25) is 5.02 Å². The molecule has 3 rings (SSSR count). The molecule has 0 spiro atoms. The summed E-state index contributed by atoms with van der Waals surface area (Å²) >= 11 is 6.39. The summed E-state index contributed by atoms with van der Waals surface area (Å²) in [6.07, 6.45) is -1.32. The fourth-order valence-electron chi connectivity index (χ4n) is 3.84. The van der Waals surface area contributed by atoms with E-state index < -0.39 is 24.1 Å². The van der Waals surface area contributed by atoms with Gasteiger partial charge >= 0.3 is 11.9 Å². The lowest BCUT2D eigenvalue weighted by Crippen LogP contribution is -2.30. The number of carbonyl (C=O) groups excluding carboxylic acids is 2. The minimum absolute atomic E-state index is 0.0332. The third kappa shape index (κ3) is 7.72. The predicted octanol–water partition coefficient (Wildman–Crippen LogP) is 5.67. The fraction of sp³-hybridized carbons (Fsp3) is 0.333. The molecule has 3 aromatic carbocycles. The normalized spacial score (nSPS) is 12.5. The molecule has 0 saturated carbocycles. The Morgan fingerprint density at radius 2 is 1.15 bits per heavy atom. The second-order valence-corrected chi connectivity index (χ2v) is 9.48. The summed E-state index contributed by atoms with van der Waals surface area (Å²) in [6, 6.07) is 12.9. The molecule has 0 aromatic heterocycles. The van der Waals surface area contributed by atoms with E-state index in [1.807, 2.05) is 30.3 Å². The predicted molar refractivity (Wildman–Crippen MR) is 151 cm³/mol. The molecular formula is C30H33ClO8. The van der Waals surface area contributed by atoms with E-state index in [2.05, 4.69) is 13.2 Å². The topological polar surface area (TPSA) is 89.5 Å². The highest BCUT2D eigenvalue weighted by molar-refractivity contribution is 6.31. The van der Waals surface area contributed by atoms with Gasteiger partial charge < -0.3 is 28.4 Å². The van der Waals surface area contributed by atoms with E-state index >= 15 is 0 Å². The second kappa shape index (κ2) is 14.0. The Balaban J connectivity index is 2.02. The Kier molecular flexibility index (Phi) is 10.7. The van der Waals surface area contributed by atoms with Gasteiger partial charge in [0, 0.05) is 51.9 Å². The Labute approximate surface area is 233 Å². The van der Waals surface area contributed by atoms with Crippen molar-refractivity contribution in [3.8, 4) is 11.5 Å².